The van der Waals surface area contributed by atoms with Gasteiger partial charge in [-0.1, -0.05) is 40.2 Å². The zero-order valence-corrected chi connectivity index (χ0v) is 12.7. The van der Waals surface area contributed by atoms with E-state index in [-0.39, 0.29) is 11.8 Å². The van der Waals surface area contributed by atoms with Crippen molar-refractivity contribution in [3.63, 3.8) is 0 Å². The molecule has 0 spiro atoms. The minimum Gasteiger partial charge on any atom is -0.326 e. The maximum absolute atomic E-state index is 12.5. The van der Waals surface area contributed by atoms with Crippen LogP contribution >= 0.6 is 15.9 Å². The van der Waals surface area contributed by atoms with Crippen LogP contribution in [0.25, 0.3) is 0 Å². The number of nitrogens with one attached hydrogen (secondary N) is 1. The Balaban J connectivity index is 1.80. The first-order chi connectivity index (χ1) is 9.74. The lowest BCUT2D eigenvalue weighted by Gasteiger charge is -2.24. The van der Waals surface area contributed by atoms with Crippen molar-refractivity contribution >= 4 is 27.5 Å². The second-order valence-electron chi connectivity index (χ2n) is 5.14. The molecule has 2 aromatic rings. The molecule has 2 aromatic carbocycles. The number of fused-ring (bicyclic) bond motifs is 1. The number of benzene rings is 2. The highest BCUT2D eigenvalue weighted by molar-refractivity contribution is 9.10. The molecule has 3 rings (SSSR count). The van der Waals surface area contributed by atoms with Crippen LogP contribution in [0.5, 0.6) is 0 Å². The quantitative estimate of drug-likeness (QED) is 0.862. The Kier molecular flexibility index (Phi) is 3.88. The molecule has 0 aromatic heterocycles. The van der Waals surface area contributed by atoms with Crippen molar-refractivity contribution in [2.75, 3.05) is 5.32 Å². The second-order valence-corrected chi connectivity index (χ2v) is 6.06. The first-order valence-corrected chi connectivity index (χ1v) is 7.67. The topological polar surface area (TPSA) is 29.1 Å². The summed E-state index contributed by atoms with van der Waals surface area (Å²) < 4.78 is 1.01. The van der Waals surface area contributed by atoms with Crippen LogP contribution in [-0.4, -0.2) is 5.91 Å². The van der Waals surface area contributed by atoms with E-state index in [0.717, 1.165) is 29.4 Å². The van der Waals surface area contributed by atoms with Gasteiger partial charge in [0.25, 0.3) is 0 Å². The number of aryl methyl sites for hydroxylation is 1. The first-order valence-electron chi connectivity index (χ1n) is 6.88. The van der Waals surface area contributed by atoms with Gasteiger partial charge in [-0.05, 0) is 54.7 Å². The van der Waals surface area contributed by atoms with Crippen LogP contribution in [0, 0.1) is 0 Å². The molecule has 0 unspecified atom stereocenters. The van der Waals surface area contributed by atoms with E-state index in [2.05, 4.69) is 33.4 Å². The van der Waals surface area contributed by atoms with Crippen molar-refractivity contribution in [1.29, 1.82) is 0 Å². The molecule has 0 radical (unpaired) electrons. The van der Waals surface area contributed by atoms with Gasteiger partial charge in [-0.15, -0.1) is 0 Å². The molecule has 1 amide bonds. The maximum Gasteiger partial charge on any atom is 0.231 e. The summed E-state index contributed by atoms with van der Waals surface area (Å²) in [5, 5.41) is 3.02. The molecule has 3 heteroatoms. The summed E-state index contributed by atoms with van der Waals surface area (Å²) in [5.41, 5.74) is 3.35. The fourth-order valence-electron chi connectivity index (χ4n) is 2.79. The third kappa shape index (κ3) is 2.78. The maximum atomic E-state index is 12.5. The summed E-state index contributed by atoms with van der Waals surface area (Å²) in [4.78, 5) is 12.5. The third-order valence-corrected chi connectivity index (χ3v) is 4.33. The van der Waals surface area contributed by atoms with Crippen molar-refractivity contribution in [2.45, 2.75) is 25.2 Å². The number of carbonyl (C=O) groups excluding carboxylic acids is 1. The largest absolute Gasteiger partial charge is 0.326 e. The fraction of sp³-hybridized carbons (Fsp3) is 0.235. The zero-order chi connectivity index (χ0) is 13.9. The third-order valence-electron chi connectivity index (χ3n) is 3.80. The van der Waals surface area contributed by atoms with Gasteiger partial charge in [-0.2, -0.15) is 0 Å². The Labute approximate surface area is 127 Å². The summed E-state index contributed by atoms with van der Waals surface area (Å²) in [6, 6.07) is 16.0. The number of hydrogen-bond acceptors (Lipinski definition) is 1. The number of rotatable bonds is 2. The second kappa shape index (κ2) is 5.80. The highest BCUT2D eigenvalue weighted by atomic mass is 79.9. The molecule has 1 atom stereocenters. The molecule has 0 saturated carbocycles. The van der Waals surface area contributed by atoms with Crippen LogP contribution in [0.4, 0.5) is 5.69 Å². The van der Waals surface area contributed by atoms with Gasteiger partial charge in [-0.25, -0.2) is 0 Å². The SMILES string of the molecule is O=C(Nc1ccc(Br)cc1)[C@@H]1CCCc2ccccc21. The van der Waals surface area contributed by atoms with Crippen LogP contribution in [0.15, 0.2) is 53.0 Å². The average Bonchev–Trinajstić information content (AvgIpc) is 2.49. The molecule has 1 N–H and O–H groups in total. The van der Waals surface area contributed by atoms with Gasteiger partial charge >= 0.3 is 0 Å². The predicted octanol–water partition coefficient (Wildman–Crippen LogP) is 4.51. The van der Waals surface area contributed by atoms with Crippen LogP contribution in [0.1, 0.15) is 29.9 Å². The summed E-state index contributed by atoms with van der Waals surface area (Å²) >= 11 is 3.40. The first kappa shape index (κ1) is 13.4. The summed E-state index contributed by atoms with van der Waals surface area (Å²) in [6.07, 6.45) is 3.09. The molecule has 1 aliphatic carbocycles. The molecular formula is C17H16BrNO. The van der Waals surface area contributed by atoms with Crippen molar-refractivity contribution < 1.29 is 4.79 Å². The van der Waals surface area contributed by atoms with Gasteiger partial charge in [0, 0.05) is 10.2 Å². The molecule has 2 nitrogen and oxygen atoms in total. The minimum atomic E-state index is -0.0244. The van der Waals surface area contributed by atoms with E-state index in [9.17, 15) is 4.79 Å². The van der Waals surface area contributed by atoms with E-state index in [4.69, 9.17) is 0 Å². The summed E-state index contributed by atoms with van der Waals surface area (Å²) in [7, 11) is 0. The zero-order valence-electron chi connectivity index (χ0n) is 11.1. The van der Waals surface area contributed by atoms with Gasteiger partial charge < -0.3 is 5.32 Å². The highest BCUT2D eigenvalue weighted by Gasteiger charge is 2.26. The van der Waals surface area contributed by atoms with Gasteiger partial charge in [0.15, 0.2) is 0 Å². The summed E-state index contributed by atoms with van der Waals surface area (Å²) in [6.45, 7) is 0. The van der Waals surface area contributed by atoms with Crippen LogP contribution < -0.4 is 5.32 Å². The lowest BCUT2D eigenvalue weighted by molar-refractivity contribution is -0.117. The molecule has 0 saturated heterocycles. The molecule has 1 aliphatic rings. The average molecular weight is 330 g/mol. The Morgan fingerprint density at radius 2 is 1.85 bits per heavy atom. The Morgan fingerprint density at radius 1 is 1.10 bits per heavy atom. The van der Waals surface area contributed by atoms with E-state index in [0.29, 0.717) is 0 Å². The molecule has 102 valence electrons. The summed E-state index contributed by atoms with van der Waals surface area (Å²) in [5.74, 6) is 0.0723. The van der Waals surface area contributed by atoms with E-state index >= 15 is 0 Å². The molecular weight excluding hydrogens is 314 g/mol. The van der Waals surface area contributed by atoms with Crippen LogP contribution in [0.3, 0.4) is 0 Å². The highest BCUT2D eigenvalue weighted by Crippen LogP contribution is 2.32. The number of hydrogen-bond donors (Lipinski definition) is 1. The monoisotopic (exact) mass is 329 g/mol. The van der Waals surface area contributed by atoms with Crippen LogP contribution in [0.2, 0.25) is 0 Å². The lowest BCUT2D eigenvalue weighted by atomic mass is 9.82. The Bertz CT molecular complexity index is 621. The Hall–Kier alpha value is -1.61. The number of halogens is 1. The lowest BCUT2D eigenvalue weighted by Crippen LogP contribution is -2.24. The number of carbonyl (C=O) groups is 1. The molecule has 0 aliphatic heterocycles. The molecule has 20 heavy (non-hydrogen) atoms. The number of anilines is 1. The smallest absolute Gasteiger partial charge is 0.231 e. The van der Waals surface area contributed by atoms with Crippen molar-refractivity contribution in [2.24, 2.45) is 0 Å². The van der Waals surface area contributed by atoms with E-state index < -0.39 is 0 Å². The van der Waals surface area contributed by atoms with Crippen molar-refractivity contribution in [1.82, 2.24) is 0 Å². The van der Waals surface area contributed by atoms with Gasteiger partial charge in [0.2, 0.25) is 5.91 Å². The minimum absolute atomic E-state index is 0.0244. The normalized spacial score (nSPS) is 17.4. The molecule has 0 heterocycles. The molecule has 0 fully saturated rings. The molecule has 0 bridgehead atoms. The van der Waals surface area contributed by atoms with Gasteiger partial charge in [0.1, 0.15) is 0 Å². The predicted molar refractivity (Wildman–Crippen MR) is 84.9 cm³/mol. The van der Waals surface area contributed by atoms with Crippen molar-refractivity contribution in [3.8, 4) is 0 Å². The van der Waals surface area contributed by atoms with E-state index in [1.807, 2.05) is 36.4 Å². The Morgan fingerprint density at radius 3 is 2.65 bits per heavy atom. The standard InChI is InChI=1S/C17H16BrNO/c18-13-8-10-14(11-9-13)19-17(20)16-7-3-5-12-4-1-2-6-15(12)16/h1-2,4,6,8-11,16H,3,5,7H2,(H,19,20)/t16-/m1/s1. The van der Waals surface area contributed by atoms with E-state index in [1.54, 1.807) is 0 Å². The van der Waals surface area contributed by atoms with E-state index in [1.165, 1.54) is 11.1 Å². The fourth-order valence-corrected chi connectivity index (χ4v) is 3.05. The van der Waals surface area contributed by atoms with Gasteiger partial charge in [-0.3, -0.25) is 4.79 Å². The van der Waals surface area contributed by atoms with Crippen LogP contribution in [-0.2, 0) is 11.2 Å². The number of amides is 1. The van der Waals surface area contributed by atoms with Gasteiger partial charge in [0.05, 0.1) is 5.92 Å². The van der Waals surface area contributed by atoms with Crippen molar-refractivity contribution in [3.05, 3.63) is 64.1 Å².